The van der Waals surface area contributed by atoms with Crippen LogP contribution in [0.25, 0.3) is 11.6 Å². The number of hydrogen-bond acceptors (Lipinski definition) is 5. The fraction of sp³-hybridized carbons (Fsp3) is 0.278. The van der Waals surface area contributed by atoms with Gasteiger partial charge in [-0.3, -0.25) is 4.79 Å². The first-order chi connectivity index (χ1) is 11.6. The molecule has 4 rings (SSSR count). The number of aromatic nitrogens is 2. The number of carbonyl (C=O) groups excluding carboxylic acids is 1. The van der Waals surface area contributed by atoms with Crippen LogP contribution in [0.4, 0.5) is 0 Å². The molecule has 0 radical (unpaired) electrons. The number of amides is 1. The molecule has 1 aliphatic heterocycles. The Hall–Kier alpha value is -2.89. The molecular weight excluding hydrogens is 306 g/mol. The fourth-order valence-corrected chi connectivity index (χ4v) is 2.76. The molecule has 122 valence electrons. The zero-order valence-electron chi connectivity index (χ0n) is 13.5. The summed E-state index contributed by atoms with van der Waals surface area (Å²) in [5, 5.41) is 3.93. The summed E-state index contributed by atoms with van der Waals surface area (Å²) in [7, 11) is 0. The van der Waals surface area contributed by atoms with Crippen LogP contribution in [0.2, 0.25) is 0 Å². The van der Waals surface area contributed by atoms with E-state index >= 15 is 0 Å². The topological polar surface area (TPSA) is 72.4 Å². The van der Waals surface area contributed by atoms with Crippen molar-refractivity contribution in [3.8, 4) is 11.6 Å². The van der Waals surface area contributed by atoms with E-state index in [4.69, 9.17) is 8.94 Å². The summed E-state index contributed by atoms with van der Waals surface area (Å²) in [6, 6.07) is 9.35. The molecule has 3 heterocycles. The Morgan fingerprint density at radius 2 is 2.04 bits per heavy atom. The Balaban J connectivity index is 1.42. The van der Waals surface area contributed by atoms with Crippen LogP contribution in [0.5, 0.6) is 0 Å². The molecule has 0 spiro atoms. The standard InChI is InChI=1S/C18H17N3O3/c1-11-5-6-13(8-12(11)2)18(22)21-9-14(10-21)17-19-16(20-24-17)15-4-3-7-23-15/h3-8,14H,9-10H2,1-2H3. The first-order valence-electron chi connectivity index (χ1n) is 7.86. The summed E-state index contributed by atoms with van der Waals surface area (Å²) in [5.41, 5.74) is 3.03. The van der Waals surface area contributed by atoms with E-state index in [1.54, 1.807) is 23.3 Å². The lowest BCUT2D eigenvalue weighted by Crippen LogP contribution is -2.48. The Kier molecular flexibility index (Phi) is 3.45. The zero-order valence-corrected chi connectivity index (χ0v) is 13.5. The molecule has 0 N–H and O–H groups in total. The maximum atomic E-state index is 12.5. The van der Waals surface area contributed by atoms with Gasteiger partial charge in [0, 0.05) is 18.7 Å². The molecule has 2 aromatic heterocycles. The number of likely N-dealkylation sites (tertiary alicyclic amines) is 1. The molecule has 1 fully saturated rings. The quantitative estimate of drug-likeness (QED) is 0.740. The van der Waals surface area contributed by atoms with Gasteiger partial charge in [-0.25, -0.2) is 0 Å². The average Bonchev–Trinajstić information content (AvgIpc) is 3.19. The third kappa shape index (κ3) is 2.50. The third-order valence-corrected chi connectivity index (χ3v) is 4.46. The summed E-state index contributed by atoms with van der Waals surface area (Å²) >= 11 is 0. The Morgan fingerprint density at radius 1 is 1.21 bits per heavy atom. The Morgan fingerprint density at radius 3 is 2.75 bits per heavy atom. The number of hydrogen-bond donors (Lipinski definition) is 0. The maximum Gasteiger partial charge on any atom is 0.253 e. The monoisotopic (exact) mass is 323 g/mol. The molecule has 3 aromatic rings. The SMILES string of the molecule is Cc1ccc(C(=O)N2CC(c3nc(-c4ccco4)no3)C2)cc1C. The first-order valence-corrected chi connectivity index (χ1v) is 7.86. The smallest absolute Gasteiger partial charge is 0.253 e. The molecule has 0 unspecified atom stereocenters. The van der Waals surface area contributed by atoms with Crippen molar-refractivity contribution >= 4 is 5.91 Å². The predicted molar refractivity (Wildman–Crippen MR) is 86.6 cm³/mol. The molecule has 0 saturated carbocycles. The Labute approximate surface area is 139 Å². The molecule has 6 nitrogen and oxygen atoms in total. The number of benzene rings is 1. The lowest BCUT2D eigenvalue weighted by atomic mass is 9.98. The van der Waals surface area contributed by atoms with Crippen molar-refractivity contribution in [3.63, 3.8) is 0 Å². The van der Waals surface area contributed by atoms with Crippen LogP contribution in [-0.2, 0) is 0 Å². The van der Waals surface area contributed by atoms with Gasteiger partial charge in [-0.05, 0) is 49.2 Å². The lowest BCUT2D eigenvalue weighted by molar-refractivity contribution is 0.0569. The van der Waals surface area contributed by atoms with Crippen LogP contribution in [0.1, 0.15) is 33.3 Å². The fourth-order valence-electron chi connectivity index (χ4n) is 2.76. The molecular formula is C18H17N3O3. The summed E-state index contributed by atoms with van der Waals surface area (Å²) in [6.45, 7) is 5.23. The number of nitrogens with zero attached hydrogens (tertiary/aromatic N) is 3. The number of carbonyl (C=O) groups is 1. The van der Waals surface area contributed by atoms with Gasteiger partial charge in [-0.1, -0.05) is 11.2 Å². The van der Waals surface area contributed by atoms with Crippen molar-refractivity contribution in [3.05, 3.63) is 59.2 Å². The van der Waals surface area contributed by atoms with Crippen molar-refractivity contribution in [2.75, 3.05) is 13.1 Å². The number of rotatable bonds is 3. The van der Waals surface area contributed by atoms with Crippen LogP contribution < -0.4 is 0 Å². The van der Waals surface area contributed by atoms with Crippen LogP contribution in [0, 0.1) is 13.8 Å². The highest BCUT2D eigenvalue weighted by atomic mass is 16.5. The highest BCUT2D eigenvalue weighted by molar-refractivity contribution is 5.95. The van der Waals surface area contributed by atoms with Gasteiger partial charge >= 0.3 is 0 Å². The third-order valence-electron chi connectivity index (χ3n) is 4.46. The normalized spacial score (nSPS) is 14.7. The lowest BCUT2D eigenvalue weighted by Gasteiger charge is -2.37. The second-order valence-electron chi connectivity index (χ2n) is 6.14. The van der Waals surface area contributed by atoms with Crippen molar-refractivity contribution in [2.45, 2.75) is 19.8 Å². The van der Waals surface area contributed by atoms with Gasteiger partial charge < -0.3 is 13.8 Å². The van der Waals surface area contributed by atoms with Gasteiger partial charge in [-0.2, -0.15) is 4.98 Å². The zero-order chi connectivity index (χ0) is 16.7. The summed E-state index contributed by atoms with van der Waals surface area (Å²) in [4.78, 5) is 18.7. The average molecular weight is 323 g/mol. The highest BCUT2D eigenvalue weighted by Crippen LogP contribution is 2.29. The molecule has 1 saturated heterocycles. The largest absolute Gasteiger partial charge is 0.461 e. The minimum Gasteiger partial charge on any atom is -0.461 e. The van der Waals surface area contributed by atoms with Gasteiger partial charge in [0.1, 0.15) is 0 Å². The molecule has 0 aliphatic carbocycles. The molecule has 0 atom stereocenters. The van der Waals surface area contributed by atoms with Crippen molar-refractivity contribution in [2.24, 2.45) is 0 Å². The van der Waals surface area contributed by atoms with Crippen LogP contribution in [-0.4, -0.2) is 34.0 Å². The van der Waals surface area contributed by atoms with E-state index in [2.05, 4.69) is 10.1 Å². The van der Waals surface area contributed by atoms with Crippen LogP contribution in [0.15, 0.2) is 45.5 Å². The second kappa shape index (κ2) is 5.63. The van der Waals surface area contributed by atoms with Crippen LogP contribution >= 0.6 is 0 Å². The van der Waals surface area contributed by atoms with E-state index in [0.717, 1.165) is 11.1 Å². The van der Waals surface area contributed by atoms with Gasteiger partial charge in [0.2, 0.25) is 11.7 Å². The van der Waals surface area contributed by atoms with E-state index in [-0.39, 0.29) is 11.8 Å². The predicted octanol–water partition coefficient (Wildman–Crippen LogP) is 3.19. The number of aryl methyl sites for hydroxylation is 2. The van der Waals surface area contributed by atoms with E-state index in [9.17, 15) is 4.79 Å². The summed E-state index contributed by atoms with van der Waals surface area (Å²) in [5.74, 6) is 1.68. The summed E-state index contributed by atoms with van der Waals surface area (Å²) < 4.78 is 10.6. The van der Waals surface area contributed by atoms with E-state index in [0.29, 0.717) is 30.6 Å². The minimum atomic E-state index is 0.0418. The molecule has 6 heteroatoms. The van der Waals surface area contributed by atoms with Gasteiger partial charge in [0.05, 0.1) is 12.2 Å². The van der Waals surface area contributed by atoms with Crippen LogP contribution in [0.3, 0.4) is 0 Å². The van der Waals surface area contributed by atoms with Crippen molar-refractivity contribution < 1.29 is 13.7 Å². The van der Waals surface area contributed by atoms with E-state index in [1.165, 1.54) is 5.56 Å². The first kappa shape index (κ1) is 14.7. The van der Waals surface area contributed by atoms with Crippen molar-refractivity contribution in [1.29, 1.82) is 0 Å². The number of furan rings is 1. The molecule has 1 aliphatic rings. The van der Waals surface area contributed by atoms with Crippen molar-refractivity contribution in [1.82, 2.24) is 15.0 Å². The van der Waals surface area contributed by atoms with Gasteiger partial charge in [-0.15, -0.1) is 0 Å². The molecule has 1 aromatic carbocycles. The van der Waals surface area contributed by atoms with E-state index < -0.39 is 0 Å². The van der Waals surface area contributed by atoms with Gasteiger partial charge in [0.15, 0.2) is 5.76 Å². The Bertz CT molecular complexity index is 877. The maximum absolute atomic E-state index is 12.5. The summed E-state index contributed by atoms with van der Waals surface area (Å²) in [6.07, 6.45) is 1.57. The minimum absolute atomic E-state index is 0.0418. The van der Waals surface area contributed by atoms with E-state index in [1.807, 2.05) is 32.0 Å². The molecule has 24 heavy (non-hydrogen) atoms. The molecule has 0 bridgehead atoms. The molecule has 1 amide bonds. The second-order valence-corrected chi connectivity index (χ2v) is 6.14. The highest BCUT2D eigenvalue weighted by Gasteiger charge is 2.36. The van der Waals surface area contributed by atoms with Gasteiger partial charge in [0.25, 0.3) is 5.91 Å².